The molecular formula is C17H24N2. The van der Waals surface area contributed by atoms with Crippen LogP contribution in [0.15, 0.2) is 24.3 Å². The Bertz CT molecular complexity index is 433. The van der Waals surface area contributed by atoms with E-state index in [-0.39, 0.29) is 0 Å². The molecule has 102 valence electrons. The highest BCUT2D eigenvalue weighted by atomic mass is 15.2. The van der Waals surface area contributed by atoms with Gasteiger partial charge in [0.15, 0.2) is 0 Å². The Kier molecular flexibility index (Phi) is 5.44. The minimum absolute atomic E-state index is 0.642. The van der Waals surface area contributed by atoms with Crippen LogP contribution >= 0.6 is 0 Å². The van der Waals surface area contributed by atoms with Gasteiger partial charge in [0.1, 0.15) is 0 Å². The molecule has 2 heteroatoms. The maximum absolute atomic E-state index is 3.36. The lowest BCUT2D eigenvalue weighted by Gasteiger charge is -2.24. The average molecular weight is 256 g/mol. The summed E-state index contributed by atoms with van der Waals surface area (Å²) in [5, 5.41) is 3.36. The van der Waals surface area contributed by atoms with E-state index in [1.165, 1.54) is 12.0 Å². The molecule has 1 saturated heterocycles. The number of hydrogen-bond acceptors (Lipinski definition) is 2. The van der Waals surface area contributed by atoms with Crippen LogP contribution in [0.25, 0.3) is 0 Å². The second-order valence-electron chi connectivity index (χ2n) is 5.26. The monoisotopic (exact) mass is 256 g/mol. The number of rotatable bonds is 3. The Morgan fingerprint density at radius 2 is 1.89 bits per heavy atom. The quantitative estimate of drug-likeness (QED) is 0.836. The first-order valence-electron chi connectivity index (χ1n) is 7.31. The Hall–Kier alpha value is -1.30. The van der Waals surface area contributed by atoms with Gasteiger partial charge in [0.2, 0.25) is 0 Å². The largest absolute Gasteiger partial charge is 0.314 e. The molecule has 0 saturated carbocycles. The molecule has 1 aliphatic rings. The fourth-order valence-electron chi connectivity index (χ4n) is 2.25. The van der Waals surface area contributed by atoms with Crippen molar-refractivity contribution in [3.8, 4) is 11.8 Å². The lowest BCUT2D eigenvalue weighted by molar-refractivity contribution is 0.268. The van der Waals surface area contributed by atoms with Crippen molar-refractivity contribution in [1.29, 1.82) is 0 Å². The summed E-state index contributed by atoms with van der Waals surface area (Å²) < 4.78 is 0. The zero-order valence-electron chi connectivity index (χ0n) is 12.1. The second kappa shape index (κ2) is 7.33. The number of piperazine rings is 1. The van der Waals surface area contributed by atoms with Crippen LogP contribution in [0, 0.1) is 11.8 Å². The molecule has 0 aromatic heterocycles. The summed E-state index contributed by atoms with van der Waals surface area (Å²) in [6.07, 6.45) is 1.19. The van der Waals surface area contributed by atoms with Crippen LogP contribution in [-0.2, 0) is 0 Å². The fraction of sp³-hybridized carbons (Fsp3) is 0.529. The Labute approximate surface area is 117 Å². The lowest BCUT2D eigenvalue weighted by atomic mass is 9.98. The molecule has 2 rings (SSSR count). The molecule has 1 aromatic rings. The maximum atomic E-state index is 3.36. The highest BCUT2D eigenvalue weighted by molar-refractivity contribution is 5.37. The van der Waals surface area contributed by atoms with Crippen molar-refractivity contribution in [2.45, 2.75) is 26.2 Å². The first-order chi connectivity index (χ1) is 9.29. The van der Waals surface area contributed by atoms with Gasteiger partial charge in [-0.3, -0.25) is 4.90 Å². The molecule has 0 spiro atoms. The van der Waals surface area contributed by atoms with Crippen LogP contribution in [0.1, 0.15) is 37.3 Å². The summed E-state index contributed by atoms with van der Waals surface area (Å²) in [4.78, 5) is 2.40. The molecule has 0 bridgehead atoms. The Balaban J connectivity index is 1.88. The van der Waals surface area contributed by atoms with E-state index in [0.29, 0.717) is 5.92 Å². The third-order valence-electron chi connectivity index (χ3n) is 3.84. The predicted octanol–water partition coefficient (Wildman–Crippen LogP) is 2.46. The van der Waals surface area contributed by atoms with Crippen LogP contribution in [0.5, 0.6) is 0 Å². The number of nitrogens with zero attached hydrogens (tertiary/aromatic N) is 1. The van der Waals surface area contributed by atoms with Crippen LogP contribution in [0.2, 0.25) is 0 Å². The molecule has 0 aliphatic carbocycles. The molecular weight excluding hydrogens is 232 g/mol. The smallest absolute Gasteiger partial charge is 0.0606 e. The number of nitrogens with one attached hydrogen (secondary N) is 1. The predicted molar refractivity (Wildman–Crippen MR) is 81.3 cm³/mol. The van der Waals surface area contributed by atoms with Gasteiger partial charge in [0.25, 0.3) is 0 Å². The van der Waals surface area contributed by atoms with Crippen LogP contribution < -0.4 is 5.32 Å². The summed E-state index contributed by atoms with van der Waals surface area (Å²) in [5.41, 5.74) is 2.54. The first kappa shape index (κ1) is 14.1. The molecule has 1 heterocycles. The zero-order chi connectivity index (χ0) is 13.5. The first-order valence-corrected chi connectivity index (χ1v) is 7.31. The van der Waals surface area contributed by atoms with Crippen LogP contribution in [-0.4, -0.2) is 37.6 Å². The summed E-state index contributed by atoms with van der Waals surface area (Å²) >= 11 is 0. The minimum Gasteiger partial charge on any atom is -0.314 e. The van der Waals surface area contributed by atoms with Gasteiger partial charge in [-0.05, 0) is 30.0 Å². The van der Waals surface area contributed by atoms with E-state index in [9.17, 15) is 0 Å². The summed E-state index contributed by atoms with van der Waals surface area (Å²) in [6, 6.07) is 8.71. The third-order valence-corrected chi connectivity index (χ3v) is 3.84. The van der Waals surface area contributed by atoms with E-state index in [4.69, 9.17) is 0 Å². The minimum atomic E-state index is 0.642. The van der Waals surface area contributed by atoms with Crippen molar-refractivity contribution in [1.82, 2.24) is 10.2 Å². The highest BCUT2D eigenvalue weighted by Gasteiger charge is 2.06. The highest BCUT2D eigenvalue weighted by Crippen LogP contribution is 2.18. The van der Waals surface area contributed by atoms with E-state index < -0.39 is 0 Å². The molecule has 1 atom stereocenters. The van der Waals surface area contributed by atoms with E-state index in [0.717, 1.165) is 38.3 Å². The van der Waals surface area contributed by atoms with Crippen molar-refractivity contribution < 1.29 is 0 Å². The molecule has 1 unspecified atom stereocenters. The van der Waals surface area contributed by atoms with Gasteiger partial charge in [-0.2, -0.15) is 0 Å². The van der Waals surface area contributed by atoms with Crippen molar-refractivity contribution in [2.75, 3.05) is 32.7 Å². The number of benzene rings is 1. The van der Waals surface area contributed by atoms with E-state index in [2.05, 4.69) is 60.2 Å². The Morgan fingerprint density at radius 1 is 1.21 bits per heavy atom. The molecule has 0 amide bonds. The Morgan fingerprint density at radius 3 is 2.53 bits per heavy atom. The van der Waals surface area contributed by atoms with E-state index in [1.807, 2.05) is 0 Å². The maximum Gasteiger partial charge on any atom is 0.0606 e. The van der Waals surface area contributed by atoms with Gasteiger partial charge < -0.3 is 5.32 Å². The van der Waals surface area contributed by atoms with Gasteiger partial charge in [0.05, 0.1) is 6.54 Å². The fourth-order valence-corrected chi connectivity index (χ4v) is 2.25. The third kappa shape index (κ3) is 4.38. The van der Waals surface area contributed by atoms with Gasteiger partial charge in [0, 0.05) is 31.7 Å². The molecule has 19 heavy (non-hydrogen) atoms. The SMILES string of the molecule is CCC(C)c1ccc(C#CCN2CCNCC2)cc1. The molecule has 1 aromatic carbocycles. The van der Waals surface area contributed by atoms with Gasteiger partial charge in [-0.25, -0.2) is 0 Å². The van der Waals surface area contributed by atoms with E-state index in [1.54, 1.807) is 0 Å². The molecule has 0 radical (unpaired) electrons. The van der Waals surface area contributed by atoms with Gasteiger partial charge in [-0.1, -0.05) is 37.8 Å². The topological polar surface area (TPSA) is 15.3 Å². The van der Waals surface area contributed by atoms with Gasteiger partial charge in [-0.15, -0.1) is 0 Å². The average Bonchev–Trinajstić information content (AvgIpc) is 2.48. The van der Waals surface area contributed by atoms with Crippen molar-refractivity contribution in [3.05, 3.63) is 35.4 Å². The summed E-state index contributed by atoms with van der Waals surface area (Å²) in [7, 11) is 0. The summed E-state index contributed by atoms with van der Waals surface area (Å²) in [5.74, 6) is 7.19. The van der Waals surface area contributed by atoms with Crippen molar-refractivity contribution in [3.63, 3.8) is 0 Å². The zero-order valence-corrected chi connectivity index (χ0v) is 12.1. The molecule has 2 nitrogen and oxygen atoms in total. The standard InChI is InChI=1S/C17H24N2/c1-3-15(2)17-8-6-16(7-9-17)5-4-12-19-13-10-18-11-14-19/h6-9,15,18H,3,10-14H2,1-2H3. The summed E-state index contributed by atoms with van der Waals surface area (Å²) in [6.45, 7) is 9.78. The molecule has 1 N–H and O–H groups in total. The van der Waals surface area contributed by atoms with Crippen LogP contribution in [0.3, 0.4) is 0 Å². The molecule has 1 fully saturated rings. The normalized spacial score (nSPS) is 17.6. The van der Waals surface area contributed by atoms with Crippen molar-refractivity contribution >= 4 is 0 Å². The van der Waals surface area contributed by atoms with E-state index >= 15 is 0 Å². The molecule has 1 aliphatic heterocycles. The number of hydrogen-bond donors (Lipinski definition) is 1. The van der Waals surface area contributed by atoms with Crippen molar-refractivity contribution in [2.24, 2.45) is 0 Å². The lowest BCUT2D eigenvalue weighted by Crippen LogP contribution is -2.43. The van der Waals surface area contributed by atoms with Gasteiger partial charge >= 0.3 is 0 Å². The van der Waals surface area contributed by atoms with Crippen LogP contribution in [0.4, 0.5) is 0 Å². The second-order valence-corrected chi connectivity index (χ2v) is 5.26.